The van der Waals surface area contributed by atoms with Crippen molar-refractivity contribution in [3.63, 3.8) is 0 Å². The van der Waals surface area contributed by atoms with Crippen molar-refractivity contribution >= 4 is 5.91 Å². The van der Waals surface area contributed by atoms with E-state index in [9.17, 15) is 9.90 Å². The molecule has 2 aromatic carbocycles. The number of carbonyl (C=O) groups excluding carboxylic acids is 1. The maximum Gasteiger partial charge on any atom is 0.225 e. The zero-order chi connectivity index (χ0) is 16.9. The van der Waals surface area contributed by atoms with Crippen LogP contribution in [0, 0.1) is 11.3 Å². The summed E-state index contributed by atoms with van der Waals surface area (Å²) in [6.45, 7) is 1.03. The highest BCUT2D eigenvalue weighted by Crippen LogP contribution is 2.22. The summed E-state index contributed by atoms with van der Waals surface area (Å²) in [4.78, 5) is 13.8. The molecule has 0 bridgehead atoms. The molecule has 1 unspecified atom stereocenters. The topological polar surface area (TPSA) is 73.6 Å². The lowest BCUT2D eigenvalue weighted by Gasteiger charge is -2.39. The number of aliphatic hydroxyl groups is 1. The van der Waals surface area contributed by atoms with Gasteiger partial charge in [-0.05, 0) is 29.8 Å². The van der Waals surface area contributed by atoms with Crippen molar-refractivity contribution < 1.29 is 14.6 Å². The first kappa shape index (κ1) is 16.0. The molecule has 1 aliphatic rings. The summed E-state index contributed by atoms with van der Waals surface area (Å²) < 4.78 is 5.75. The van der Waals surface area contributed by atoms with Gasteiger partial charge in [0.15, 0.2) is 0 Å². The third-order valence-corrected chi connectivity index (χ3v) is 4.04. The van der Waals surface area contributed by atoms with E-state index in [4.69, 9.17) is 10.00 Å². The van der Waals surface area contributed by atoms with E-state index in [-0.39, 0.29) is 18.4 Å². The second kappa shape index (κ2) is 7.16. The Bertz CT molecular complexity index is 731. The predicted octanol–water partition coefficient (Wildman–Crippen LogP) is 2.27. The van der Waals surface area contributed by atoms with Crippen LogP contribution in [0.4, 0.5) is 0 Å². The molecule has 24 heavy (non-hydrogen) atoms. The summed E-state index contributed by atoms with van der Waals surface area (Å²) in [7, 11) is 0. The van der Waals surface area contributed by atoms with Gasteiger partial charge in [-0.3, -0.25) is 4.79 Å². The van der Waals surface area contributed by atoms with Crippen LogP contribution in [-0.2, 0) is 4.79 Å². The molecule has 122 valence electrons. The SMILES string of the molecule is N#Cc1ccc(OC2CN(C(=O)CC(O)c3ccccc3)C2)cc1. The minimum Gasteiger partial charge on any atom is -0.487 e. The molecule has 1 atom stereocenters. The van der Waals surface area contributed by atoms with Crippen molar-refractivity contribution in [2.45, 2.75) is 18.6 Å². The Kier molecular flexibility index (Phi) is 4.78. The van der Waals surface area contributed by atoms with E-state index >= 15 is 0 Å². The van der Waals surface area contributed by atoms with E-state index in [1.54, 1.807) is 29.2 Å². The van der Waals surface area contributed by atoms with Gasteiger partial charge < -0.3 is 14.7 Å². The Hall–Kier alpha value is -2.84. The number of likely N-dealkylation sites (tertiary alicyclic amines) is 1. The molecule has 0 saturated carbocycles. The highest BCUT2D eigenvalue weighted by Gasteiger charge is 2.33. The summed E-state index contributed by atoms with van der Waals surface area (Å²) in [6, 6.07) is 18.1. The van der Waals surface area contributed by atoms with Crippen molar-refractivity contribution in [2.24, 2.45) is 0 Å². The molecule has 3 rings (SSSR count). The number of amides is 1. The molecule has 1 heterocycles. The van der Waals surface area contributed by atoms with Crippen LogP contribution in [0.3, 0.4) is 0 Å². The number of hydrogen-bond donors (Lipinski definition) is 1. The number of nitrogens with zero attached hydrogens (tertiary/aromatic N) is 2. The van der Waals surface area contributed by atoms with E-state index in [2.05, 4.69) is 6.07 Å². The number of benzene rings is 2. The van der Waals surface area contributed by atoms with Crippen LogP contribution in [0.1, 0.15) is 23.7 Å². The number of carbonyl (C=O) groups is 1. The molecule has 0 spiro atoms. The quantitative estimate of drug-likeness (QED) is 0.916. The predicted molar refractivity (Wildman–Crippen MR) is 88.2 cm³/mol. The van der Waals surface area contributed by atoms with Gasteiger partial charge in [-0.15, -0.1) is 0 Å². The summed E-state index contributed by atoms with van der Waals surface area (Å²) in [5.41, 5.74) is 1.33. The number of hydrogen-bond acceptors (Lipinski definition) is 4. The van der Waals surface area contributed by atoms with Gasteiger partial charge in [-0.1, -0.05) is 30.3 Å². The van der Waals surface area contributed by atoms with Crippen LogP contribution >= 0.6 is 0 Å². The Morgan fingerprint density at radius 3 is 2.50 bits per heavy atom. The van der Waals surface area contributed by atoms with Gasteiger partial charge in [0.2, 0.25) is 5.91 Å². The fraction of sp³-hybridized carbons (Fsp3) is 0.263. The van der Waals surface area contributed by atoms with Gasteiger partial charge >= 0.3 is 0 Å². The van der Waals surface area contributed by atoms with Gasteiger partial charge in [-0.2, -0.15) is 5.26 Å². The van der Waals surface area contributed by atoms with Crippen LogP contribution in [-0.4, -0.2) is 35.1 Å². The van der Waals surface area contributed by atoms with Gasteiger partial charge in [0, 0.05) is 0 Å². The van der Waals surface area contributed by atoms with Gasteiger partial charge in [0.05, 0.1) is 37.2 Å². The zero-order valence-electron chi connectivity index (χ0n) is 13.1. The second-order valence-electron chi connectivity index (χ2n) is 5.81. The standard InChI is InChI=1S/C19H18N2O3/c20-11-14-6-8-16(9-7-14)24-17-12-21(13-17)19(23)10-18(22)15-4-2-1-3-5-15/h1-9,17-18,22H,10,12-13H2. The van der Waals surface area contributed by atoms with Gasteiger partial charge in [0.25, 0.3) is 0 Å². The molecular formula is C19H18N2O3. The van der Waals surface area contributed by atoms with Crippen molar-refractivity contribution in [1.29, 1.82) is 5.26 Å². The number of nitriles is 1. The average molecular weight is 322 g/mol. The average Bonchev–Trinajstić information content (AvgIpc) is 2.58. The van der Waals surface area contributed by atoms with Crippen molar-refractivity contribution in [1.82, 2.24) is 4.90 Å². The number of rotatable bonds is 5. The smallest absolute Gasteiger partial charge is 0.225 e. The van der Waals surface area contributed by atoms with Crippen LogP contribution in [0.5, 0.6) is 5.75 Å². The highest BCUT2D eigenvalue weighted by molar-refractivity contribution is 5.77. The first-order valence-electron chi connectivity index (χ1n) is 7.83. The first-order valence-corrected chi connectivity index (χ1v) is 7.83. The van der Waals surface area contributed by atoms with E-state index in [1.807, 2.05) is 30.3 Å². The summed E-state index contributed by atoms with van der Waals surface area (Å²) in [6.07, 6.45) is -0.749. The molecular weight excluding hydrogens is 304 g/mol. The van der Waals surface area contributed by atoms with Crippen molar-refractivity contribution in [3.8, 4) is 11.8 Å². The number of aliphatic hydroxyl groups excluding tert-OH is 1. The maximum absolute atomic E-state index is 12.2. The Balaban J connectivity index is 1.45. The third kappa shape index (κ3) is 3.73. The molecule has 0 aliphatic carbocycles. The minimum absolute atomic E-state index is 0.0456. The molecule has 1 aliphatic heterocycles. The van der Waals surface area contributed by atoms with Crippen molar-refractivity contribution in [2.75, 3.05) is 13.1 Å². The van der Waals surface area contributed by atoms with Crippen LogP contribution in [0.25, 0.3) is 0 Å². The molecule has 1 saturated heterocycles. The lowest BCUT2D eigenvalue weighted by molar-refractivity contribution is -0.142. The van der Waals surface area contributed by atoms with Gasteiger partial charge in [-0.25, -0.2) is 0 Å². The second-order valence-corrected chi connectivity index (χ2v) is 5.81. The monoisotopic (exact) mass is 322 g/mol. The third-order valence-electron chi connectivity index (χ3n) is 4.04. The molecule has 5 nitrogen and oxygen atoms in total. The summed E-state index contributed by atoms with van der Waals surface area (Å²) in [5.74, 6) is 0.612. The minimum atomic E-state index is -0.780. The van der Waals surface area contributed by atoms with E-state index in [1.165, 1.54) is 0 Å². The lowest BCUT2D eigenvalue weighted by Crippen LogP contribution is -2.56. The summed E-state index contributed by atoms with van der Waals surface area (Å²) >= 11 is 0. The zero-order valence-corrected chi connectivity index (χ0v) is 13.1. The van der Waals surface area contributed by atoms with E-state index in [0.29, 0.717) is 24.4 Å². The summed E-state index contributed by atoms with van der Waals surface area (Å²) in [5, 5.41) is 18.9. The molecule has 5 heteroatoms. The highest BCUT2D eigenvalue weighted by atomic mass is 16.5. The van der Waals surface area contributed by atoms with Crippen molar-refractivity contribution in [3.05, 3.63) is 65.7 Å². The molecule has 1 N–H and O–H groups in total. The normalized spacial score (nSPS) is 15.2. The fourth-order valence-electron chi connectivity index (χ4n) is 2.60. The molecule has 0 aromatic heterocycles. The Morgan fingerprint density at radius 1 is 1.21 bits per heavy atom. The fourth-order valence-corrected chi connectivity index (χ4v) is 2.60. The Morgan fingerprint density at radius 2 is 1.88 bits per heavy atom. The molecule has 2 aromatic rings. The largest absolute Gasteiger partial charge is 0.487 e. The maximum atomic E-state index is 12.2. The Labute approximate surface area is 140 Å². The van der Waals surface area contributed by atoms with Crippen LogP contribution < -0.4 is 4.74 Å². The van der Waals surface area contributed by atoms with Crippen LogP contribution in [0.15, 0.2) is 54.6 Å². The van der Waals surface area contributed by atoms with Gasteiger partial charge in [0.1, 0.15) is 11.9 Å². The molecule has 0 radical (unpaired) electrons. The first-order chi connectivity index (χ1) is 11.7. The lowest BCUT2D eigenvalue weighted by atomic mass is 10.0. The molecule has 1 fully saturated rings. The van der Waals surface area contributed by atoms with E-state index < -0.39 is 6.10 Å². The number of ether oxygens (including phenoxy) is 1. The van der Waals surface area contributed by atoms with E-state index in [0.717, 1.165) is 5.56 Å². The van der Waals surface area contributed by atoms with Crippen LogP contribution in [0.2, 0.25) is 0 Å². The molecule has 1 amide bonds.